The molecule has 0 aliphatic carbocycles. The molecule has 2 aromatic heterocycles. The van der Waals surface area contributed by atoms with E-state index in [0.29, 0.717) is 0 Å². The quantitative estimate of drug-likeness (QED) is 0.715. The first-order valence-corrected chi connectivity index (χ1v) is 6.03. The van der Waals surface area contributed by atoms with Gasteiger partial charge in [0.2, 0.25) is 0 Å². The predicted octanol–water partition coefficient (Wildman–Crippen LogP) is 2.37. The molecular weight excluding hydrogens is 202 g/mol. The Kier molecular flexibility index (Phi) is 2.46. The number of thioether (sulfide) groups is 1. The maximum absolute atomic E-state index is 4.37. The van der Waals surface area contributed by atoms with Crippen molar-refractivity contribution in [2.75, 3.05) is 6.26 Å². The number of thiazole rings is 1. The Morgan fingerprint density at radius 3 is 3.00 bits per heavy atom. The summed E-state index contributed by atoms with van der Waals surface area (Å²) in [5.41, 5.74) is 1.93. The van der Waals surface area contributed by atoms with Crippen LogP contribution in [-0.2, 0) is 6.42 Å². The highest BCUT2D eigenvalue weighted by Gasteiger charge is 2.07. The maximum Gasteiger partial charge on any atom is 0.175 e. The van der Waals surface area contributed by atoms with Crippen molar-refractivity contribution in [3.8, 4) is 0 Å². The average molecular weight is 211 g/mol. The molecule has 0 saturated carbocycles. The van der Waals surface area contributed by atoms with Crippen molar-refractivity contribution in [3.05, 3.63) is 12.0 Å². The van der Waals surface area contributed by atoms with Crippen LogP contribution in [-0.4, -0.2) is 21.2 Å². The Balaban J connectivity index is 2.67. The van der Waals surface area contributed by atoms with Crippen LogP contribution in [0.25, 0.3) is 10.3 Å². The molecule has 2 heterocycles. The van der Waals surface area contributed by atoms with Gasteiger partial charge < -0.3 is 0 Å². The van der Waals surface area contributed by atoms with Gasteiger partial charge in [-0.25, -0.2) is 15.0 Å². The highest BCUT2D eigenvalue weighted by atomic mass is 32.2. The van der Waals surface area contributed by atoms with Crippen LogP contribution in [0.15, 0.2) is 10.7 Å². The molecule has 0 amide bonds. The van der Waals surface area contributed by atoms with E-state index in [0.717, 1.165) is 26.8 Å². The Labute approximate surface area is 84.6 Å². The standard InChI is InChI=1S/C8H9N3S2/c1-3-5-6-7(10-4-9-5)11-8(12-2)13-6/h4H,3H2,1-2H3. The Morgan fingerprint density at radius 2 is 2.31 bits per heavy atom. The molecule has 2 aromatic rings. The van der Waals surface area contributed by atoms with Gasteiger partial charge in [0.15, 0.2) is 9.99 Å². The zero-order chi connectivity index (χ0) is 9.26. The molecule has 0 saturated heterocycles. The minimum Gasteiger partial charge on any atom is -0.240 e. The van der Waals surface area contributed by atoms with E-state index in [-0.39, 0.29) is 0 Å². The molecule has 0 unspecified atom stereocenters. The lowest BCUT2D eigenvalue weighted by Crippen LogP contribution is -1.88. The monoisotopic (exact) mass is 211 g/mol. The Morgan fingerprint density at radius 1 is 1.46 bits per heavy atom. The number of hydrogen-bond acceptors (Lipinski definition) is 5. The second kappa shape index (κ2) is 3.59. The van der Waals surface area contributed by atoms with E-state index >= 15 is 0 Å². The number of rotatable bonds is 2. The topological polar surface area (TPSA) is 38.7 Å². The van der Waals surface area contributed by atoms with Crippen LogP contribution >= 0.6 is 23.1 Å². The summed E-state index contributed by atoms with van der Waals surface area (Å²) in [4.78, 5) is 12.7. The molecule has 2 rings (SSSR count). The largest absolute Gasteiger partial charge is 0.240 e. The van der Waals surface area contributed by atoms with Crippen LogP contribution < -0.4 is 0 Å². The second-order valence-corrected chi connectivity index (χ2v) is 4.56. The fraction of sp³-hybridized carbons (Fsp3) is 0.375. The van der Waals surface area contributed by atoms with Crippen LogP contribution in [0.5, 0.6) is 0 Å². The third-order valence-corrected chi connectivity index (χ3v) is 3.83. The van der Waals surface area contributed by atoms with Gasteiger partial charge >= 0.3 is 0 Å². The highest BCUT2D eigenvalue weighted by Crippen LogP contribution is 2.28. The van der Waals surface area contributed by atoms with Gasteiger partial charge in [0.1, 0.15) is 6.33 Å². The first-order valence-electron chi connectivity index (χ1n) is 3.99. The van der Waals surface area contributed by atoms with Crippen LogP contribution in [0.2, 0.25) is 0 Å². The van der Waals surface area contributed by atoms with E-state index in [2.05, 4.69) is 21.9 Å². The molecule has 0 aromatic carbocycles. The smallest absolute Gasteiger partial charge is 0.175 e. The first-order chi connectivity index (χ1) is 6.35. The molecule has 13 heavy (non-hydrogen) atoms. The zero-order valence-electron chi connectivity index (χ0n) is 7.44. The van der Waals surface area contributed by atoms with Crippen LogP contribution in [0.3, 0.4) is 0 Å². The normalized spacial score (nSPS) is 10.9. The van der Waals surface area contributed by atoms with Crippen molar-refractivity contribution in [1.82, 2.24) is 15.0 Å². The number of aromatic nitrogens is 3. The van der Waals surface area contributed by atoms with Gasteiger partial charge in [-0.05, 0) is 12.7 Å². The summed E-state index contributed by atoms with van der Waals surface area (Å²) in [7, 11) is 0. The molecule has 0 bridgehead atoms. The lowest BCUT2D eigenvalue weighted by Gasteiger charge is -1.93. The molecule has 68 valence electrons. The first kappa shape index (κ1) is 8.90. The third kappa shape index (κ3) is 1.53. The van der Waals surface area contributed by atoms with Crippen molar-refractivity contribution in [1.29, 1.82) is 0 Å². The highest BCUT2D eigenvalue weighted by molar-refractivity contribution is 8.00. The number of aryl methyl sites for hydroxylation is 1. The maximum atomic E-state index is 4.37. The van der Waals surface area contributed by atoms with E-state index < -0.39 is 0 Å². The molecular formula is C8H9N3S2. The number of nitrogens with zero attached hydrogens (tertiary/aromatic N) is 3. The zero-order valence-corrected chi connectivity index (χ0v) is 9.08. The van der Waals surface area contributed by atoms with Crippen LogP contribution in [0, 0.1) is 0 Å². The van der Waals surface area contributed by atoms with Crippen molar-refractivity contribution < 1.29 is 0 Å². The molecule has 0 radical (unpaired) electrons. The molecule has 0 atom stereocenters. The van der Waals surface area contributed by atoms with Crippen molar-refractivity contribution in [2.24, 2.45) is 0 Å². The molecule has 0 spiro atoms. The molecule has 0 N–H and O–H groups in total. The molecule has 3 nitrogen and oxygen atoms in total. The summed E-state index contributed by atoms with van der Waals surface area (Å²) in [6.07, 6.45) is 4.55. The van der Waals surface area contributed by atoms with E-state index in [1.54, 1.807) is 29.4 Å². The molecule has 0 aliphatic heterocycles. The minimum absolute atomic E-state index is 0.834. The molecule has 0 fully saturated rings. The summed E-state index contributed by atoms with van der Waals surface area (Å²) >= 11 is 3.33. The van der Waals surface area contributed by atoms with Crippen molar-refractivity contribution in [2.45, 2.75) is 17.7 Å². The summed E-state index contributed by atoms with van der Waals surface area (Å²) in [5, 5.41) is 0. The summed E-state index contributed by atoms with van der Waals surface area (Å²) in [6, 6.07) is 0. The average Bonchev–Trinajstić information content (AvgIpc) is 2.59. The van der Waals surface area contributed by atoms with Gasteiger partial charge in [0.25, 0.3) is 0 Å². The summed E-state index contributed by atoms with van der Waals surface area (Å²) < 4.78 is 2.19. The van der Waals surface area contributed by atoms with Gasteiger partial charge in [-0.1, -0.05) is 18.7 Å². The van der Waals surface area contributed by atoms with Gasteiger partial charge in [-0.3, -0.25) is 0 Å². The van der Waals surface area contributed by atoms with Gasteiger partial charge in [-0.2, -0.15) is 0 Å². The van der Waals surface area contributed by atoms with E-state index in [1.165, 1.54) is 0 Å². The molecule has 0 aliphatic rings. The van der Waals surface area contributed by atoms with Gasteiger partial charge in [-0.15, -0.1) is 11.3 Å². The third-order valence-electron chi connectivity index (χ3n) is 1.75. The van der Waals surface area contributed by atoms with E-state index in [1.807, 2.05) is 6.26 Å². The fourth-order valence-electron chi connectivity index (χ4n) is 1.12. The Hall–Kier alpha value is -0.680. The Bertz CT molecular complexity index is 424. The minimum atomic E-state index is 0.834. The van der Waals surface area contributed by atoms with Crippen molar-refractivity contribution >= 4 is 33.4 Å². The lowest BCUT2D eigenvalue weighted by atomic mass is 10.3. The number of hydrogen-bond donors (Lipinski definition) is 0. The van der Waals surface area contributed by atoms with Crippen LogP contribution in [0.4, 0.5) is 0 Å². The second-order valence-electron chi connectivity index (χ2n) is 2.51. The predicted molar refractivity (Wildman–Crippen MR) is 56.4 cm³/mol. The number of fused-ring (bicyclic) bond motifs is 1. The molecule has 5 heteroatoms. The SMILES string of the molecule is CCc1ncnc2nc(SC)sc12. The van der Waals surface area contributed by atoms with Gasteiger partial charge in [0.05, 0.1) is 10.4 Å². The summed E-state index contributed by atoms with van der Waals surface area (Å²) in [6.45, 7) is 2.10. The summed E-state index contributed by atoms with van der Waals surface area (Å²) in [5.74, 6) is 0. The lowest BCUT2D eigenvalue weighted by molar-refractivity contribution is 1.03. The van der Waals surface area contributed by atoms with E-state index in [9.17, 15) is 0 Å². The van der Waals surface area contributed by atoms with Crippen molar-refractivity contribution in [3.63, 3.8) is 0 Å². The fourth-order valence-corrected chi connectivity index (χ4v) is 2.69. The van der Waals surface area contributed by atoms with Crippen LogP contribution in [0.1, 0.15) is 12.6 Å². The van der Waals surface area contributed by atoms with Gasteiger partial charge in [0, 0.05) is 0 Å². The van der Waals surface area contributed by atoms with E-state index in [4.69, 9.17) is 0 Å².